The number of rotatable bonds is 4. The molecular formula is C15H24N2O2. The molecule has 1 unspecified atom stereocenters. The van der Waals surface area contributed by atoms with E-state index in [1.807, 2.05) is 25.1 Å². The van der Waals surface area contributed by atoms with Crippen LogP contribution in [0.4, 0.5) is 5.69 Å². The summed E-state index contributed by atoms with van der Waals surface area (Å²) in [6.07, 6.45) is 0. The summed E-state index contributed by atoms with van der Waals surface area (Å²) in [6, 6.07) is 5.68. The number of anilines is 1. The Balaban J connectivity index is 3.02. The molecule has 0 aliphatic heterocycles. The van der Waals surface area contributed by atoms with Gasteiger partial charge in [-0.3, -0.25) is 4.79 Å². The molecule has 4 heteroatoms. The van der Waals surface area contributed by atoms with Crippen LogP contribution in [-0.4, -0.2) is 19.6 Å². The highest BCUT2D eigenvalue weighted by Crippen LogP contribution is 2.33. The molecule has 0 bridgehead atoms. The molecule has 3 N–H and O–H groups in total. The molecule has 0 aliphatic carbocycles. The molecule has 4 nitrogen and oxygen atoms in total. The number of carbonyl (C=O) groups is 1. The third kappa shape index (κ3) is 3.96. The minimum atomic E-state index is -0.194. The fourth-order valence-corrected chi connectivity index (χ4v) is 1.74. The topological polar surface area (TPSA) is 64.3 Å². The van der Waals surface area contributed by atoms with Crippen molar-refractivity contribution in [3.05, 3.63) is 23.8 Å². The van der Waals surface area contributed by atoms with Crippen molar-refractivity contribution in [2.75, 3.05) is 19.0 Å². The van der Waals surface area contributed by atoms with Crippen LogP contribution >= 0.6 is 0 Å². The average Bonchev–Trinajstić information content (AvgIpc) is 2.36. The first-order valence-electron chi connectivity index (χ1n) is 6.49. The Bertz CT molecular complexity index is 450. The number of amides is 1. The lowest BCUT2D eigenvalue weighted by molar-refractivity contribution is -0.119. The first-order valence-corrected chi connectivity index (χ1v) is 6.49. The second kappa shape index (κ2) is 6.06. The molecular weight excluding hydrogens is 240 g/mol. The number of nitrogens with two attached hydrogens (primary N) is 1. The van der Waals surface area contributed by atoms with E-state index in [-0.39, 0.29) is 17.2 Å². The van der Waals surface area contributed by atoms with Gasteiger partial charge in [-0.2, -0.15) is 0 Å². The van der Waals surface area contributed by atoms with E-state index in [0.717, 1.165) is 17.0 Å². The molecule has 106 valence electrons. The molecule has 0 saturated heterocycles. The fourth-order valence-electron chi connectivity index (χ4n) is 1.74. The van der Waals surface area contributed by atoms with Crippen LogP contribution in [-0.2, 0) is 10.2 Å². The summed E-state index contributed by atoms with van der Waals surface area (Å²) in [6.45, 7) is 8.48. The van der Waals surface area contributed by atoms with Gasteiger partial charge in [0.05, 0.1) is 7.11 Å². The van der Waals surface area contributed by atoms with Crippen LogP contribution in [0.5, 0.6) is 5.75 Å². The number of ether oxygens (including phenoxy) is 1. The van der Waals surface area contributed by atoms with E-state index < -0.39 is 0 Å². The molecule has 19 heavy (non-hydrogen) atoms. The molecule has 1 atom stereocenters. The maximum absolute atomic E-state index is 11.8. The zero-order valence-electron chi connectivity index (χ0n) is 12.4. The Morgan fingerprint density at radius 2 is 2.05 bits per heavy atom. The molecule has 0 saturated carbocycles. The van der Waals surface area contributed by atoms with Crippen molar-refractivity contribution < 1.29 is 9.53 Å². The van der Waals surface area contributed by atoms with Gasteiger partial charge in [0, 0.05) is 23.7 Å². The van der Waals surface area contributed by atoms with Crippen molar-refractivity contribution in [3.8, 4) is 5.75 Å². The van der Waals surface area contributed by atoms with Crippen LogP contribution in [0, 0.1) is 5.92 Å². The van der Waals surface area contributed by atoms with Crippen molar-refractivity contribution in [3.63, 3.8) is 0 Å². The Kier molecular flexibility index (Phi) is 4.95. The zero-order valence-corrected chi connectivity index (χ0v) is 12.4. The lowest BCUT2D eigenvalue weighted by Gasteiger charge is -2.23. The first kappa shape index (κ1) is 15.5. The standard InChI is InChI=1S/C15H24N2O2/c1-10(9-16)14(18)17-11-6-7-13(19-5)12(8-11)15(2,3)4/h6-8,10H,9,16H2,1-5H3,(H,17,18). The van der Waals surface area contributed by atoms with Crippen molar-refractivity contribution in [1.29, 1.82) is 0 Å². The predicted molar refractivity (Wildman–Crippen MR) is 78.5 cm³/mol. The predicted octanol–water partition coefficient (Wildman–Crippen LogP) is 2.53. The molecule has 0 radical (unpaired) electrons. The fraction of sp³-hybridized carbons (Fsp3) is 0.533. The molecule has 0 aliphatic rings. The van der Waals surface area contributed by atoms with Gasteiger partial charge < -0.3 is 15.8 Å². The van der Waals surface area contributed by atoms with Crippen LogP contribution in [0.3, 0.4) is 0 Å². The molecule has 0 aromatic heterocycles. The van der Waals surface area contributed by atoms with Crippen molar-refractivity contribution in [1.82, 2.24) is 0 Å². The first-order chi connectivity index (χ1) is 8.79. The maximum atomic E-state index is 11.8. The van der Waals surface area contributed by atoms with Gasteiger partial charge in [0.2, 0.25) is 5.91 Å². The quantitative estimate of drug-likeness (QED) is 0.878. The molecule has 0 spiro atoms. The van der Waals surface area contributed by atoms with Gasteiger partial charge in [-0.1, -0.05) is 27.7 Å². The van der Waals surface area contributed by atoms with E-state index in [1.165, 1.54) is 0 Å². The van der Waals surface area contributed by atoms with Gasteiger partial charge in [0.1, 0.15) is 5.75 Å². The minimum absolute atomic E-state index is 0.0500. The van der Waals surface area contributed by atoms with E-state index >= 15 is 0 Å². The van der Waals surface area contributed by atoms with E-state index in [4.69, 9.17) is 10.5 Å². The SMILES string of the molecule is COc1ccc(NC(=O)C(C)CN)cc1C(C)(C)C. The van der Waals surface area contributed by atoms with E-state index in [9.17, 15) is 4.79 Å². The third-order valence-corrected chi connectivity index (χ3v) is 3.08. The molecule has 0 heterocycles. The zero-order chi connectivity index (χ0) is 14.6. The Morgan fingerprint density at radius 1 is 1.42 bits per heavy atom. The van der Waals surface area contributed by atoms with Crippen LogP contribution < -0.4 is 15.8 Å². The van der Waals surface area contributed by atoms with Crippen molar-refractivity contribution in [2.45, 2.75) is 33.1 Å². The van der Waals surface area contributed by atoms with Gasteiger partial charge in [-0.05, 0) is 23.6 Å². The molecule has 1 aromatic rings. The second-order valence-electron chi connectivity index (χ2n) is 5.79. The number of benzene rings is 1. The summed E-state index contributed by atoms with van der Waals surface area (Å²) >= 11 is 0. The lowest BCUT2D eigenvalue weighted by atomic mass is 9.86. The van der Waals surface area contributed by atoms with Crippen LogP contribution in [0.2, 0.25) is 0 Å². The Hall–Kier alpha value is -1.55. The summed E-state index contributed by atoms with van der Waals surface area (Å²) in [5.74, 6) is 0.574. The smallest absolute Gasteiger partial charge is 0.228 e. The van der Waals surface area contributed by atoms with Gasteiger partial charge >= 0.3 is 0 Å². The third-order valence-electron chi connectivity index (χ3n) is 3.08. The van der Waals surface area contributed by atoms with Gasteiger partial charge in [-0.15, -0.1) is 0 Å². The number of methoxy groups -OCH3 is 1. The average molecular weight is 264 g/mol. The molecule has 1 aromatic carbocycles. The van der Waals surface area contributed by atoms with E-state index in [2.05, 4.69) is 26.1 Å². The highest BCUT2D eigenvalue weighted by atomic mass is 16.5. The van der Waals surface area contributed by atoms with Crippen molar-refractivity contribution in [2.24, 2.45) is 11.7 Å². The molecule has 1 amide bonds. The normalized spacial score (nSPS) is 12.9. The van der Waals surface area contributed by atoms with Gasteiger partial charge in [0.15, 0.2) is 0 Å². The number of carbonyl (C=O) groups excluding carboxylic acids is 1. The largest absolute Gasteiger partial charge is 0.496 e. The monoisotopic (exact) mass is 264 g/mol. The summed E-state index contributed by atoms with van der Waals surface area (Å²) in [5.41, 5.74) is 7.28. The molecule has 1 rings (SSSR count). The van der Waals surface area contributed by atoms with E-state index in [1.54, 1.807) is 7.11 Å². The summed E-state index contributed by atoms with van der Waals surface area (Å²) in [7, 11) is 1.65. The van der Waals surface area contributed by atoms with Crippen LogP contribution in [0.25, 0.3) is 0 Å². The molecule has 0 fully saturated rings. The maximum Gasteiger partial charge on any atom is 0.228 e. The van der Waals surface area contributed by atoms with Gasteiger partial charge in [-0.25, -0.2) is 0 Å². The Morgan fingerprint density at radius 3 is 2.53 bits per heavy atom. The van der Waals surface area contributed by atoms with Gasteiger partial charge in [0.25, 0.3) is 0 Å². The Labute approximate surface area is 115 Å². The van der Waals surface area contributed by atoms with E-state index in [0.29, 0.717) is 6.54 Å². The number of nitrogens with one attached hydrogen (secondary N) is 1. The number of hydrogen-bond acceptors (Lipinski definition) is 3. The number of hydrogen-bond donors (Lipinski definition) is 2. The lowest BCUT2D eigenvalue weighted by Crippen LogP contribution is -2.26. The van der Waals surface area contributed by atoms with Crippen LogP contribution in [0.15, 0.2) is 18.2 Å². The highest BCUT2D eigenvalue weighted by molar-refractivity contribution is 5.92. The van der Waals surface area contributed by atoms with Crippen molar-refractivity contribution >= 4 is 11.6 Å². The summed E-state index contributed by atoms with van der Waals surface area (Å²) in [5, 5.41) is 2.88. The highest BCUT2D eigenvalue weighted by Gasteiger charge is 2.20. The van der Waals surface area contributed by atoms with Crippen LogP contribution in [0.1, 0.15) is 33.3 Å². The second-order valence-corrected chi connectivity index (χ2v) is 5.79. The summed E-state index contributed by atoms with van der Waals surface area (Å²) in [4.78, 5) is 11.8. The minimum Gasteiger partial charge on any atom is -0.496 e. The summed E-state index contributed by atoms with van der Waals surface area (Å²) < 4.78 is 5.37.